The Morgan fingerprint density at radius 1 is 1.07 bits per heavy atom. The zero-order valence-corrected chi connectivity index (χ0v) is 9.47. The molecule has 0 radical (unpaired) electrons. The van der Waals surface area contributed by atoms with E-state index < -0.39 is 0 Å². The Labute approximate surface area is 88.1 Å². The molecular weight excluding hydrogens is 172 g/mol. The van der Waals surface area contributed by atoms with Gasteiger partial charge in [-0.25, -0.2) is 0 Å². The minimum Gasteiger partial charge on any atom is -0.313 e. The van der Waals surface area contributed by atoms with Gasteiger partial charge in [0, 0.05) is 18.6 Å². The van der Waals surface area contributed by atoms with Crippen molar-refractivity contribution in [2.24, 2.45) is 0 Å². The van der Waals surface area contributed by atoms with Gasteiger partial charge in [-0.05, 0) is 39.3 Å². The van der Waals surface area contributed by atoms with Crippen LogP contribution in [0.2, 0.25) is 0 Å². The Kier molecular flexibility index (Phi) is 3.82. The van der Waals surface area contributed by atoms with Gasteiger partial charge in [0.1, 0.15) is 0 Å². The molecule has 0 spiro atoms. The first-order valence-corrected chi connectivity index (χ1v) is 6.30. The summed E-state index contributed by atoms with van der Waals surface area (Å²) in [6.45, 7) is 2.51. The summed E-state index contributed by atoms with van der Waals surface area (Å²) in [7, 11) is 2.29. The van der Waals surface area contributed by atoms with Crippen LogP contribution >= 0.6 is 0 Å². The summed E-state index contributed by atoms with van der Waals surface area (Å²) >= 11 is 0. The summed E-state index contributed by atoms with van der Waals surface area (Å²) in [6, 6.07) is 1.68. The van der Waals surface area contributed by atoms with E-state index in [1.54, 1.807) is 0 Å². The molecule has 2 nitrogen and oxygen atoms in total. The van der Waals surface area contributed by atoms with Crippen LogP contribution in [0.15, 0.2) is 0 Å². The quantitative estimate of drug-likeness (QED) is 0.743. The number of hydrogen-bond donors (Lipinski definition) is 1. The van der Waals surface area contributed by atoms with Crippen molar-refractivity contribution in [2.75, 3.05) is 20.1 Å². The first kappa shape index (κ1) is 10.4. The van der Waals surface area contributed by atoms with Crippen molar-refractivity contribution in [3.63, 3.8) is 0 Å². The molecule has 2 heteroatoms. The van der Waals surface area contributed by atoms with Gasteiger partial charge in [0.2, 0.25) is 0 Å². The predicted octanol–water partition coefficient (Wildman–Crippen LogP) is 2.00. The van der Waals surface area contributed by atoms with Gasteiger partial charge in [-0.2, -0.15) is 0 Å². The van der Waals surface area contributed by atoms with E-state index in [2.05, 4.69) is 17.3 Å². The Hall–Kier alpha value is -0.0800. The lowest BCUT2D eigenvalue weighted by atomic mass is 10.0. The van der Waals surface area contributed by atoms with Gasteiger partial charge < -0.3 is 10.2 Å². The molecule has 1 heterocycles. The Morgan fingerprint density at radius 2 is 1.86 bits per heavy atom. The van der Waals surface area contributed by atoms with Crippen molar-refractivity contribution in [1.29, 1.82) is 0 Å². The highest BCUT2D eigenvalue weighted by Crippen LogP contribution is 2.25. The molecule has 1 aliphatic carbocycles. The number of rotatable bonds is 3. The summed E-state index contributed by atoms with van der Waals surface area (Å²) in [5, 5.41) is 3.69. The molecule has 0 aromatic rings. The van der Waals surface area contributed by atoms with E-state index in [1.165, 1.54) is 58.0 Å². The molecule has 1 N–H and O–H groups in total. The third-order valence-electron chi connectivity index (χ3n) is 3.59. The molecule has 2 rings (SSSR count). The van der Waals surface area contributed by atoms with E-state index in [9.17, 15) is 0 Å². The minimum atomic E-state index is 0.765. The lowest BCUT2D eigenvalue weighted by Gasteiger charge is -2.26. The van der Waals surface area contributed by atoms with Crippen LogP contribution in [-0.2, 0) is 0 Å². The van der Waals surface area contributed by atoms with Crippen molar-refractivity contribution in [3.05, 3.63) is 0 Å². The first-order chi connectivity index (χ1) is 6.86. The zero-order chi connectivity index (χ0) is 9.80. The summed E-state index contributed by atoms with van der Waals surface area (Å²) in [6.07, 6.45) is 9.94. The molecule has 0 bridgehead atoms. The monoisotopic (exact) mass is 196 g/mol. The molecule has 82 valence electrons. The van der Waals surface area contributed by atoms with E-state index in [0.29, 0.717) is 0 Å². The third kappa shape index (κ3) is 3.25. The average Bonchev–Trinajstić information content (AvgIpc) is 2.91. The number of nitrogens with zero attached hydrogens (tertiary/aromatic N) is 1. The maximum Gasteiger partial charge on any atom is 0.0195 e. The van der Waals surface area contributed by atoms with Gasteiger partial charge in [-0.3, -0.25) is 0 Å². The van der Waals surface area contributed by atoms with Crippen molar-refractivity contribution in [2.45, 2.75) is 57.0 Å². The number of likely N-dealkylation sites (N-methyl/N-ethyl adjacent to an activating group) is 1. The van der Waals surface area contributed by atoms with E-state index >= 15 is 0 Å². The highest BCUT2D eigenvalue weighted by atomic mass is 15.2. The highest BCUT2D eigenvalue weighted by molar-refractivity contribution is 4.85. The van der Waals surface area contributed by atoms with E-state index in [-0.39, 0.29) is 0 Å². The van der Waals surface area contributed by atoms with Gasteiger partial charge in [0.05, 0.1) is 0 Å². The van der Waals surface area contributed by atoms with Crippen LogP contribution in [-0.4, -0.2) is 37.1 Å². The average molecular weight is 196 g/mol. The minimum absolute atomic E-state index is 0.765. The second-order valence-corrected chi connectivity index (χ2v) is 5.02. The highest BCUT2D eigenvalue weighted by Gasteiger charge is 2.27. The fourth-order valence-electron chi connectivity index (χ4n) is 2.45. The van der Waals surface area contributed by atoms with Gasteiger partial charge >= 0.3 is 0 Å². The molecule has 1 aliphatic heterocycles. The van der Waals surface area contributed by atoms with E-state index in [4.69, 9.17) is 0 Å². The van der Waals surface area contributed by atoms with E-state index in [0.717, 1.165) is 12.1 Å². The largest absolute Gasteiger partial charge is 0.313 e. The molecule has 2 aliphatic rings. The Balaban J connectivity index is 1.70. The Morgan fingerprint density at radius 3 is 2.64 bits per heavy atom. The standard InChI is InChI=1S/C12H24N2/c1-14(12-7-8-12)10-11-6-4-2-3-5-9-13-11/h11-13H,2-10H2,1H3. The van der Waals surface area contributed by atoms with Gasteiger partial charge in [0.15, 0.2) is 0 Å². The molecule has 14 heavy (non-hydrogen) atoms. The topological polar surface area (TPSA) is 15.3 Å². The van der Waals surface area contributed by atoms with Crippen LogP contribution in [0.5, 0.6) is 0 Å². The van der Waals surface area contributed by atoms with Crippen LogP contribution < -0.4 is 5.32 Å². The third-order valence-corrected chi connectivity index (χ3v) is 3.59. The van der Waals surface area contributed by atoms with Gasteiger partial charge in [-0.15, -0.1) is 0 Å². The van der Waals surface area contributed by atoms with Crippen LogP contribution in [0.1, 0.15) is 44.9 Å². The molecule has 1 saturated carbocycles. The SMILES string of the molecule is CN(CC1CCCCCCN1)C1CC1. The fourth-order valence-corrected chi connectivity index (χ4v) is 2.45. The van der Waals surface area contributed by atoms with Crippen LogP contribution in [0.4, 0.5) is 0 Å². The summed E-state index contributed by atoms with van der Waals surface area (Å²) in [5.41, 5.74) is 0. The molecular formula is C12H24N2. The first-order valence-electron chi connectivity index (χ1n) is 6.30. The van der Waals surface area contributed by atoms with Crippen LogP contribution in [0, 0.1) is 0 Å². The lowest BCUT2D eigenvalue weighted by Crippen LogP contribution is -2.41. The molecule has 0 aromatic carbocycles. The normalized spacial score (nSPS) is 30.0. The predicted molar refractivity (Wildman–Crippen MR) is 60.5 cm³/mol. The molecule has 1 saturated heterocycles. The molecule has 2 fully saturated rings. The van der Waals surface area contributed by atoms with Gasteiger partial charge in [-0.1, -0.05) is 19.3 Å². The molecule has 1 unspecified atom stereocenters. The summed E-state index contributed by atoms with van der Waals surface area (Å²) in [5.74, 6) is 0. The van der Waals surface area contributed by atoms with Crippen molar-refractivity contribution >= 4 is 0 Å². The zero-order valence-electron chi connectivity index (χ0n) is 9.47. The molecule has 0 amide bonds. The molecule has 1 atom stereocenters. The second kappa shape index (κ2) is 5.13. The van der Waals surface area contributed by atoms with Crippen molar-refractivity contribution in [1.82, 2.24) is 10.2 Å². The van der Waals surface area contributed by atoms with Crippen molar-refractivity contribution < 1.29 is 0 Å². The Bertz CT molecular complexity index is 158. The number of nitrogens with one attached hydrogen (secondary N) is 1. The molecule has 0 aromatic heterocycles. The maximum absolute atomic E-state index is 3.69. The summed E-state index contributed by atoms with van der Waals surface area (Å²) < 4.78 is 0. The lowest BCUT2D eigenvalue weighted by molar-refractivity contribution is 0.263. The van der Waals surface area contributed by atoms with Crippen molar-refractivity contribution in [3.8, 4) is 0 Å². The van der Waals surface area contributed by atoms with E-state index in [1.807, 2.05) is 0 Å². The van der Waals surface area contributed by atoms with Crippen LogP contribution in [0.3, 0.4) is 0 Å². The number of hydrogen-bond acceptors (Lipinski definition) is 2. The second-order valence-electron chi connectivity index (χ2n) is 5.02. The summed E-state index contributed by atoms with van der Waals surface area (Å²) in [4.78, 5) is 2.55. The van der Waals surface area contributed by atoms with Gasteiger partial charge in [0.25, 0.3) is 0 Å². The fraction of sp³-hybridized carbons (Fsp3) is 1.00. The maximum atomic E-state index is 3.69. The smallest absolute Gasteiger partial charge is 0.0195 e. The van der Waals surface area contributed by atoms with Crippen LogP contribution in [0.25, 0.3) is 0 Å².